The van der Waals surface area contributed by atoms with Gasteiger partial charge in [-0.05, 0) is 35.9 Å². The molecule has 0 radical (unpaired) electrons. The molecule has 96 valence electrons. The molecule has 2 rings (SSSR count). The Morgan fingerprint density at radius 3 is 2.63 bits per heavy atom. The van der Waals surface area contributed by atoms with Crippen LogP contribution in [0.15, 0.2) is 47.8 Å². The van der Waals surface area contributed by atoms with Crippen LogP contribution < -0.4 is 5.43 Å². The highest BCUT2D eigenvalue weighted by Crippen LogP contribution is 2.13. The van der Waals surface area contributed by atoms with Crippen molar-refractivity contribution >= 4 is 12.1 Å². The van der Waals surface area contributed by atoms with E-state index in [1.54, 1.807) is 12.1 Å². The molecule has 0 aliphatic carbocycles. The van der Waals surface area contributed by atoms with Crippen molar-refractivity contribution in [2.45, 2.75) is 0 Å². The molecule has 19 heavy (non-hydrogen) atoms. The Bertz CT molecular complexity index is 609. The van der Waals surface area contributed by atoms with E-state index >= 15 is 0 Å². The van der Waals surface area contributed by atoms with E-state index in [1.807, 2.05) is 0 Å². The Labute approximate surface area is 109 Å². The summed E-state index contributed by atoms with van der Waals surface area (Å²) in [5.74, 6) is -0.586. The van der Waals surface area contributed by atoms with Crippen LogP contribution in [0.3, 0.4) is 0 Å². The van der Waals surface area contributed by atoms with E-state index in [1.165, 1.54) is 36.8 Å². The molecule has 3 N–H and O–H groups in total. The number of amides is 1. The molecule has 0 aliphatic heterocycles. The zero-order valence-electron chi connectivity index (χ0n) is 9.82. The van der Waals surface area contributed by atoms with Crippen molar-refractivity contribution in [1.29, 1.82) is 0 Å². The molecule has 0 saturated heterocycles. The van der Waals surface area contributed by atoms with E-state index in [9.17, 15) is 9.90 Å². The fourth-order valence-corrected chi connectivity index (χ4v) is 1.36. The third-order valence-corrected chi connectivity index (χ3v) is 2.32. The van der Waals surface area contributed by atoms with Crippen LogP contribution in [0.2, 0.25) is 0 Å². The molecule has 0 aliphatic rings. The minimum absolute atomic E-state index is 0.0952. The highest BCUT2D eigenvalue weighted by atomic mass is 16.3. The maximum Gasteiger partial charge on any atom is 0.275 e. The van der Waals surface area contributed by atoms with Crippen LogP contribution in [0.1, 0.15) is 15.9 Å². The van der Waals surface area contributed by atoms with Crippen LogP contribution >= 0.6 is 0 Å². The summed E-state index contributed by atoms with van der Waals surface area (Å²) in [7, 11) is 0. The predicted octanol–water partition coefficient (Wildman–Crippen LogP) is 1.26. The number of phenols is 1. The van der Waals surface area contributed by atoms with Gasteiger partial charge >= 0.3 is 0 Å². The molecule has 0 atom stereocenters. The molecule has 1 heterocycles. The number of carbonyl (C=O) groups is 1. The molecule has 6 nitrogen and oxygen atoms in total. The van der Waals surface area contributed by atoms with Crippen molar-refractivity contribution in [2.24, 2.45) is 5.10 Å². The number of nitrogens with zero attached hydrogens (tertiary/aromatic N) is 2. The Morgan fingerprint density at radius 2 is 1.95 bits per heavy atom. The summed E-state index contributed by atoms with van der Waals surface area (Å²) in [4.78, 5) is 15.3. The third kappa shape index (κ3) is 3.29. The van der Waals surface area contributed by atoms with Crippen LogP contribution in [-0.2, 0) is 0 Å². The van der Waals surface area contributed by atoms with Crippen LogP contribution in [0.4, 0.5) is 0 Å². The molecule has 1 aromatic carbocycles. The molecule has 0 bridgehead atoms. The molecule has 0 saturated carbocycles. The lowest BCUT2D eigenvalue weighted by atomic mass is 10.2. The molecule has 1 aromatic heterocycles. The van der Waals surface area contributed by atoms with E-state index in [4.69, 9.17) is 5.11 Å². The first kappa shape index (κ1) is 12.6. The van der Waals surface area contributed by atoms with Crippen LogP contribution in [0, 0.1) is 0 Å². The van der Waals surface area contributed by atoms with Crippen molar-refractivity contribution in [2.75, 3.05) is 0 Å². The maximum absolute atomic E-state index is 11.7. The summed E-state index contributed by atoms with van der Waals surface area (Å²) in [6.07, 6.45) is 4.01. The number of aromatic hydroxyl groups is 2. The van der Waals surface area contributed by atoms with Crippen LogP contribution in [-0.4, -0.2) is 27.3 Å². The smallest absolute Gasteiger partial charge is 0.275 e. The first-order valence-electron chi connectivity index (χ1n) is 5.42. The molecule has 0 spiro atoms. The maximum atomic E-state index is 11.7. The molecule has 6 heteroatoms. The highest BCUT2D eigenvalue weighted by molar-refractivity contribution is 5.97. The van der Waals surface area contributed by atoms with Crippen LogP contribution in [0.25, 0.3) is 0 Å². The van der Waals surface area contributed by atoms with Crippen molar-refractivity contribution in [3.63, 3.8) is 0 Å². The fourth-order valence-electron chi connectivity index (χ4n) is 1.36. The second kappa shape index (κ2) is 5.63. The lowest BCUT2D eigenvalue weighted by molar-refractivity contribution is 0.0952. The van der Waals surface area contributed by atoms with Crippen molar-refractivity contribution in [1.82, 2.24) is 10.4 Å². The monoisotopic (exact) mass is 257 g/mol. The van der Waals surface area contributed by atoms with E-state index in [-0.39, 0.29) is 17.1 Å². The average Bonchev–Trinajstić information content (AvgIpc) is 2.41. The highest BCUT2D eigenvalue weighted by Gasteiger charge is 2.08. The minimum Gasteiger partial charge on any atom is -0.508 e. The second-order valence-corrected chi connectivity index (χ2v) is 3.68. The second-order valence-electron chi connectivity index (χ2n) is 3.68. The first-order valence-corrected chi connectivity index (χ1v) is 5.42. The number of pyridine rings is 1. The number of hydrazone groups is 1. The van der Waals surface area contributed by atoms with Gasteiger partial charge in [-0.3, -0.25) is 9.78 Å². The number of aromatic nitrogens is 1. The lowest BCUT2D eigenvalue weighted by Gasteiger charge is -2.01. The molecular weight excluding hydrogens is 246 g/mol. The number of benzene rings is 1. The fraction of sp³-hybridized carbons (Fsp3) is 0. The lowest BCUT2D eigenvalue weighted by Crippen LogP contribution is -2.17. The van der Waals surface area contributed by atoms with Gasteiger partial charge in [-0.2, -0.15) is 5.10 Å². The standard InChI is InChI=1S/C13H11N3O3/c17-10-3-1-9(2-4-10)7-15-16-13(19)11-5-6-14-8-12(11)18/h1-8,17-18H,(H,16,19)/b15-7+. The Morgan fingerprint density at radius 1 is 1.21 bits per heavy atom. The molecular formula is C13H11N3O3. The number of carbonyl (C=O) groups excluding carboxylic acids is 1. The SMILES string of the molecule is O=C(N/N=C/c1ccc(O)cc1)c1ccncc1O. The van der Waals surface area contributed by atoms with Crippen molar-refractivity contribution in [3.8, 4) is 11.5 Å². The van der Waals surface area contributed by atoms with Gasteiger partial charge in [0.05, 0.1) is 18.0 Å². The summed E-state index contributed by atoms with van der Waals surface area (Å²) in [6.45, 7) is 0. The van der Waals surface area contributed by atoms with Gasteiger partial charge in [-0.1, -0.05) is 0 Å². The predicted molar refractivity (Wildman–Crippen MR) is 69.1 cm³/mol. The number of rotatable bonds is 3. The number of nitrogens with one attached hydrogen (secondary N) is 1. The van der Waals surface area contributed by atoms with Gasteiger partial charge < -0.3 is 10.2 Å². The number of phenolic OH excluding ortho intramolecular Hbond substituents is 1. The van der Waals surface area contributed by atoms with Crippen molar-refractivity contribution < 1.29 is 15.0 Å². The van der Waals surface area contributed by atoms with Gasteiger partial charge in [0, 0.05) is 6.20 Å². The topological polar surface area (TPSA) is 94.8 Å². The quantitative estimate of drug-likeness (QED) is 0.569. The van der Waals surface area contributed by atoms with E-state index in [0.29, 0.717) is 0 Å². The van der Waals surface area contributed by atoms with E-state index in [0.717, 1.165) is 5.56 Å². The molecule has 0 fully saturated rings. The summed E-state index contributed by atoms with van der Waals surface area (Å²) in [5.41, 5.74) is 3.10. The minimum atomic E-state index is -0.532. The summed E-state index contributed by atoms with van der Waals surface area (Å²) in [6, 6.07) is 7.71. The summed E-state index contributed by atoms with van der Waals surface area (Å²) < 4.78 is 0. The Kier molecular flexibility index (Phi) is 3.72. The number of hydrogen-bond acceptors (Lipinski definition) is 5. The summed E-state index contributed by atoms with van der Waals surface area (Å²) in [5, 5.41) is 22.3. The van der Waals surface area contributed by atoms with E-state index < -0.39 is 5.91 Å². The zero-order chi connectivity index (χ0) is 13.7. The average molecular weight is 257 g/mol. The van der Waals surface area contributed by atoms with Crippen LogP contribution in [0.5, 0.6) is 11.5 Å². The number of hydrogen-bond donors (Lipinski definition) is 3. The van der Waals surface area contributed by atoms with Gasteiger partial charge in [-0.25, -0.2) is 5.43 Å². The van der Waals surface area contributed by atoms with Gasteiger partial charge in [0.2, 0.25) is 0 Å². The van der Waals surface area contributed by atoms with Gasteiger partial charge in [0.25, 0.3) is 5.91 Å². The first-order chi connectivity index (χ1) is 9.16. The zero-order valence-corrected chi connectivity index (χ0v) is 9.82. The van der Waals surface area contributed by atoms with Gasteiger partial charge in [-0.15, -0.1) is 0 Å². The Balaban J connectivity index is 2.01. The normalized spacial score (nSPS) is 10.5. The van der Waals surface area contributed by atoms with Gasteiger partial charge in [0.1, 0.15) is 11.5 Å². The van der Waals surface area contributed by atoms with E-state index in [2.05, 4.69) is 15.5 Å². The Hall–Kier alpha value is -2.89. The molecule has 2 aromatic rings. The summed E-state index contributed by atoms with van der Waals surface area (Å²) >= 11 is 0. The molecule has 0 unspecified atom stereocenters. The van der Waals surface area contributed by atoms with Crippen molar-refractivity contribution in [3.05, 3.63) is 53.9 Å². The third-order valence-electron chi connectivity index (χ3n) is 2.32. The largest absolute Gasteiger partial charge is 0.508 e. The van der Waals surface area contributed by atoms with Gasteiger partial charge in [0.15, 0.2) is 0 Å². The molecule has 1 amide bonds.